The summed E-state index contributed by atoms with van der Waals surface area (Å²) in [7, 11) is 0. The van der Waals surface area contributed by atoms with Gasteiger partial charge in [0.15, 0.2) is 0 Å². The van der Waals surface area contributed by atoms with Gasteiger partial charge in [-0.05, 0) is 6.92 Å². The van der Waals surface area contributed by atoms with Gasteiger partial charge in [0.05, 0.1) is 6.61 Å². The standard InChI is InChI=1S/C6H8O4.C3H4O2/c1-2-10-6(9)4-3-5(7)8;1-2-3(4)5/h3-4H,2H2,1H3,(H,7,8);2H,1H2,(H,4,5)/b4-3+;. The highest BCUT2D eigenvalue weighted by atomic mass is 16.5. The average molecular weight is 216 g/mol. The van der Waals surface area contributed by atoms with E-state index in [1.165, 1.54) is 0 Å². The van der Waals surface area contributed by atoms with Crippen molar-refractivity contribution < 1.29 is 29.3 Å². The second-order valence-electron chi connectivity index (χ2n) is 1.97. The molecule has 6 nitrogen and oxygen atoms in total. The topological polar surface area (TPSA) is 101 Å². The van der Waals surface area contributed by atoms with Gasteiger partial charge in [0, 0.05) is 18.2 Å². The number of carboxylic acids is 2. The van der Waals surface area contributed by atoms with Crippen molar-refractivity contribution in [1.29, 1.82) is 0 Å². The normalized spacial score (nSPS) is 8.60. The molecule has 0 unspecified atom stereocenters. The summed E-state index contributed by atoms with van der Waals surface area (Å²) in [5, 5.41) is 15.6. The molecule has 0 amide bonds. The molecule has 0 heterocycles. The smallest absolute Gasteiger partial charge is 0.330 e. The van der Waals surface area contributed by atoms with Crippen LogP contribution in [0.4, 0.5) is 0 Å². The molecule has 84 valence electrons. The van der Waals surface area contributed by atoms with Crippen molar-refractivity contribution in [3.8, 4) is 0 Å². The molecule has 6 heteroatoms. The Labute approximate surface area is 86.5 Å². The van der Waals surface area contributed by atoms with Gasteiger partial charge in [-0.2, -0.15) is 0 Å². The van der Waals surface area contributed by atoms with Gasteiger partial charge in [0.2, 0.25) is 0 Å². The largest absolute Gasteiger partial charge is 0.478 e. The number of carboxylic acid groups (broad SMARTS) is 2. The highest BCUT2D eigenvalue weighted by molar-refractivity contribution is 5.90. The highest BCUT2D eigenvalue weighted by Gasteiger charge is 1.94. The predicted molar refractivity (Wildman–Crippen MR) is 51.2 cm³/mol. The maximum absolute atomic E-state index is 10.4. The Balaban J connectivity index is 0. The Kier molecular flexibility index (Phi) is 10.2. The van der Waals surface area contributed by atoms with E-state index in [9.17, 15) is 14.4 Å². The lowest BCUT2D eigenvalue weighted by Crippen LogP contribution is -2.00. The number of carbonyl (C=O) groups is 3. The van der Waals surface area contributed by atoms with Crippen molar-refractivity contribution in [2.75, 3.05) is 6.61 Å². The number of hydrogen-bond donors (Lipinski definition) is 2. The summed E-state index contributed by atoms with van der Waals surface area (Å²) < 4.78 is 4.40. The maximum atomic E-state index is 10.4. The van der Waals surface area contributed by atoms with E-state index < -0.39 is 17.9 Å². The van der Waals surface area contributed by atoms with Crippen LogP contribution in [0.2, 0.25) is 0 Å². The van der Waals surface area contributed by atoms with Crippen molar-refractivity contribution >= 4 is 17.9 Å². The van der Waals surface area contributed by atoms with E-state index in [0.717, 1.165) is 18.2 Å². The SMILES string of the molecule is C=CC(=O)O.CCOC(=O)/C=C/C(=O)O. The first-order chi connectivity index (χ1) is 6.93. The molecule has 0 saturated carbocycles. The van der Waals surface area contributed by atoms with Crippen molar-refractivity contribution in [1.82, 2.24) is 0 Å². The van der Waals surface area contributed by atoms with Crippen LogP contribution in [0, 0.1) is 0 Å². The van der Waals surface area contributed by atoms with Gasteiger partial charge in [-0.25, -0.2) is 14.4 Å². The fraction of sp³-hybridized carbons (Fsp3) is 0.222. The summed E-state index contributed by atoms with van der Waals surface area (Å²) in [6.07, 6.45) is 2.43. The van der Waals surface area contributed by atoms with E-state index in [4.69, 9.17) is 10.2 Å². The molecule has 0 aliphatic heterocycles. The summed E-state index contributed by atoms with van der Waals surface area (Å²) in [4.78, 5) is 29.4. The van der Waals surface area contributed by atoms with E-state index in [1.54, 1.807) is 6.92 Å². The van der Waals surface area contributed by atoms with Gasteiger partial charge in [-0.1, -0.05) is 6.58 Å². The first kappa shape index (κ1) is 15.4. The Morgan fingerprint density at radius 2 is 1.67 bits per heavy atom. The van der Waals surface area contributed by atoms with Crippen LogP contribution in [0.3, 0.4) is 0 Å². The molecule has 0 aromatic heterocycles. The molecule has 2 N–H and O–H groups in total. The van der Waals surface area contributed by atoms with Crippen molar-refractivity contribution in [2.45, 2.75) is 6.92 Å². The molecule has 0 bridgehead atoms. The Morgan fingerprint density at radius 1 is 1.20 bits per heavy atom. The zero-order valence-corrected chi connectivity index (χ0v) is 8.17. The lowest BCUT2D eigenvalue weighted by atomic mass is 10.5. The molecule has 0 aromatic rings. The second-order valence-corrected chi connectivity index (χ2v) is 1.97. The molecule has 0 aliphatic carbocycles. The zero-order chi connectivity index (χ0) is 12.3. The minimum absolute atomic E-state index is 0.253. The minimum Gasteiger partial charge on any atom is -0.478 e. The average Bonchev–Trinajstić information content (AvgIpc) is 2.16. The van der Waals surface area contributed by atoms with E-state index in [1.807, 2.05) is 0 Å². The van der Waals surface area contributed by atoms with Crippen LogP contribution in [0.25, 0.3) is 0 Å². The molecule has 0 fully saturated rings. The van der Waals surface area contributed by atoms with Gasteiger partial charge in [-0.3, -0.25) is 0 Å². The van der Waals surface area contributed by atoms with Crippen LogP contribution in [-0.4, -0.2) is 34.7 Å². The van der Waals surface area contributed by atoms with Crippen LogP contribution >= 0.6 is 0 Å². The zero-order valence-electron chi connectivity index (χ0n) is 8.17. The molecular weight excluding hydrogens is 204 g/mol. The van der Waals surface area contributed by atoms with Crippen LogP contribution < -0.4 is 0 Å². The Bertz CT molecular complexity index is 266. The number of rotatable bonds is 4. The summed E-state index contributed by atoms with van der Waals surface area (Å²) in [6, 6.07) is 0. The fourth-order valence-corrected chi connectivity index (χ4v) is 0.330. The van der Waals surface area contributed by atoms with Gasteiger partial charge < -0.3 is 14.9 Å². The molecule has 0 aromatic carbocycles. The van der Waals surface area contributed by atoms with Crippen LogP contribution in [0.15, 0.2) is 24.8 Å². The maximum Gasteiger partial charge on any atom is 0.330 e. The van der Waals surface area contributed by atoms with Crippen LogP contribution in [0.5, 0.6) is 0 Å². The van der Waals surface area contributed by atoms with Gasteiger partial charge in [-0.15, -0.1) is 0 Å². The van der Waals surface area contributed by atoms with Gasteiger partial charge >= 0.3 is 17.9 Å². The number of esters is 1. The Morgan fingerprint density at radius 3 is 1.93 bits per heavy atom. The summed E-state index contributed by atoms with van der Waals surface area (Å²) in [5.74, 6) is -2.78. The number of hydrogen-bond acceptors (Lipinski definition) is 4. The molecule has 0 spiro atoms. The summed E-state index contributed by atoms with van der Waals surface area (Å²) in [5.41, 5.74) is 0. The van der Waals surface area contributed by atoms with Crippen LogP contribution in [-0.2, 0) is 19.1 Å². The summed E-state index contributed by atoms with van der Waals surface area (Å²) in [6.45, 7) is 4.86. The van der Waals surface area contributed by atoms with E-state index in [0.29, 0.717) is 0 Å². The molecule has 15 heavy (non-hydrogen) atoms. The van der Waals surface area contributed by atoms with E-state index in [2.05, 4.69) is 11.3 Å². The van der Waals surface area contributed by atoms with Gasteiger partial charge in [0.25, 0.3) is 0 Å². The fourth-order valence-electron chi connectivity index (χ4n) is 0.330. The second kappa shape index (κ2) is 9.97. The minimum atomic E-state index is -1.16. The lowest BCUT2D eigenvalue weighted by molar-refractivity contribution is -0.138. The monoisotopic (exact) mass is 216 g/mol. The molecule has 0 atom stereocenters. The molecule has 0 radical (unpaired) electrons. The predicted octanol–water partition coefficient (Wildman–Crippen LogP) is 0.447. The van der Waals surface area contributed by atoms with E-state index >= 15 is 0 Å². The number of carbonyl (C=O) groups excluding carboxylic acids is 1. The number of aliphatic carboxylic acids is 2. The van der Waals surface area contributed by atoms with Crippen molar-refractivity contribution in [2.24, 2.45) is 0 Å². The third-order valence-electron chi connectivity index (χ3n) is 0.823. The third-order valence-corrected chi connectivity index (χ3v) is 0.823. The molecule has 0 rings (SSSR count). The quantitative estimate of drug-likeness (QED) is 0.522. The Hall–Kier alpha value is -2.11. The lowest BCUT2D eigenvalue weighted by Gasteiger charge is -1.92. The first-order valence-corrected chi connectivity index (χ1v) is 3.87. The third kappa shape index (κ3) is 18.7. The molecular formula is C9H12O6. The molecule has 0 saturated heterocycles. The summed E-state index contributed by atoms with van der Waals surface area (Å²) >= 11 is 0. The van der Waals surface area contributed by atoms with Crippen molar-refractivity contribution in [3.63, 3.8) is 0 Å². The first-order valence-electron chi connectivity index (χ1n) is 3.87. The van der Waals surface area contributed by atoms with Crippen LogP contribution in [0.1, 0.15) is 6.92 Å². The van der Waals surface area contributed by atoms with Crippen molar-refractivity contribution in [3.05, 3.63) is 24.8 Å². The molecule has 0 aliphatic rings. The highest BCUT2D eigenvalue weighted by Crippen LogP contribution is 1.80. The van der Waals surface area contributed by atoms with Gasteiger partial charge in [0.1, 0.15) is 0 Å². The number of ether oxygens (including phenoxy) is 1. The van der Waals surface area contributed by atoms with E-state index in [-0.39, 0.29) is 6.61 Å².